The van der Waals surface area contributed by atoms with Gasteiger partial charge in [0.05, 0.1) is 6.04 Å². The fraction of sp³-hybridized carbons (Fsp3) is 0.467. The fourth-order valence-electron chi connectivity index (χ4n) is 2.66. The molecule has 1 aliphatic rings. The third kappa shape index (κ3) is 3.67. The first kappa shape index (κ1) is 15.6. The van der Waals surface area contributed by atoms with Crippen LogP contribution in [0.25, 0.3) is 0 Å². The van der Waals surface area contributed by atoms with Crippen LogP contribution in [0.2, 0.25) is 5.02 Å². The van der Waals surface area contributed by atoms with Crippen molar-refractivity contribution in [3.8, 4) is 0 Å². The van der Waals surface area contributed by atoms with Crippen LogP contribution in [0.3, 0.4) is 0 Å². The molecule has 0 aliphatic heterocycles. The van der Waals surface area contributed by atoms with Gasteiger partial charge in [-0.2, -0.15) is 0 Å². The fourth-order valence-corrected chi connectivity index (χ4v) is 2.78. The highest BCUT2D eigenvalue weighted by atomic mass is 35.5. The minimum absolute atomic E-state index is 0.227. The predicted molar refractivity (Wildman–Crippen MR) is 80.4 cm³/mol. The highest BCUT2D eigenvalue weighted by Gasteiger charge is 2.42. The smallest absolute Gasteiger partial charge is 0.329 e. The van der Waals surface area contributed by atoms with Gasteiger partial charge in [-0.15, -0.1) is 0 Å². The second-order valence-electron chi connectivity index (χ2n) is 5.47. The van der Waals surface area contributed by atoms with Crippen molar-refractivity contribution in [2.45, 2.75) is 44.2 Å². The number of hydrogen-bond donors (Lipinski definition) is 3. The number of carboxylic acid groups (broad SMARTS) is 1. The number of hydrogen-bond acceptors (Lipinski definition) is 2. The molecular weight excluding hydrogens is 292 g/mol. The predicted octanol–water partition coefficient (Wildman–Crippen LogP) is 3.10. The summed E-state index contributed by atoms with van der Waals surface area (Å²) in [4.78, 5) is 23.4. The molecule has 6 heteroatoms. The third-order valence-corrected chi connectivity index (χ3v) is 4.19. The maximum Gasteiger partial charge on any atom is 0.329 e. The lowest BCUT2D eigenvalue weighted by atomic mass is 9.98. The summed E-state index contributed by atoms with van der Waals surface area (Å²) in [5, 5.41) is 15.4. The van der Waals surface area contributed by atoms with Crippen molar-refractivity contribution in [1.29, 1.82) is 0 Å². The SMILES string of the molecule is CC(NC(=O)NC1(C(=O)O)CCCC1)c1ccc(Cl)cc1. The van der Waals surface area contributed by atoms with Crippen LogP contribution in [-0.4, -0.2) is 22.6 Å². The number of aliphatic carboxylic acids is 1. The van der Waals surface area contributed by atoms with E-state index in [-0.39, 0.29) is 6.04 Å². The van der Waals surface area contributed by atoms with Crippen LogP contribution in [0.15, 0.2) is 24.3 Å². The van der Waals surface area contributed by atoms with E-state index in [2.05, 4.69) is 10.6 Å². The van der Waals surface area contributed by atoms with Gasteiger partial charge in [-0.1, -0.05) is 36.6 Å². The van der Waals surface area contributed by atoms with Crippen LogP contribution < -0.4 is 10.6 Å². The van der Waals surface area contributed by atoms with Crippen LogP contribution >= 0.6 is 11.6 Å². The summed E-state index contributed by atoms with van der Waals surface area (Å²) in [6.07, 6.45) is 2.59. The summed E-state index contributed by atoms with van der Waals surface area (Å²) in [6, 6.07) is 6.48. The van der Waals surface area contributed by atoms with E-state index in [1.165, 1.54) is 0 Å². The molecule has 0 bridgehead atoms. The lowest BCUT2D eigenvalue weighted by Gasteiger charge is -2.26. The van der Waals surface area contributed by atoms with Gasteiger partial charge in [0.15, 0.2) is 0 Å². The molecule has 21 heavy (non-hydrogen) atoms. The molecule has 1 saturated carbocycles. The number of halogens is 1. The lowest BCUT2D eigenvalue weighted by Crippen LogP contribution is -2.55. The van der Waals surface area contributed by atoms with E-state index < -0.39 is 17.5 Å². The Morgan fingerprint density at radius 1 is 1.24 bits per heavy atom. The minimum atomic E-state index is -1.12. The largest absolute Gasteiger partial charge is 0.480 e. The molecule has 1 fully saturated rings. The molecule has 1 atom stereocenters. The molecule has 3 N–H and O–H groups in total. The van der Waals surface area contributed by atoms with Crippen LogP contribution in [0.4, 0.5) is 4.79 Å². The number of nitrogens with one attached hydrogen (secondary N) is 2. The molecule has 2 amide bonds. The Morgan fingerprint density at radius 3 is 2.33 bits per heavy atom. The molecule has 1 aliphatic carbocycles. The monoisotopic (exact) mass is 310 g/mol. The number of urea groups is 1. The Kier molecular flexibility index (Phi) is 4.73. The van der Waals surface area contributed by atoms with E-state index in [0.29, 0.717) is 17.9 Å². The van der Waals surface area contributed by atoms with Crippen molar-refractivity contribution < 1.29 is 14.7 Å². The van der Waals surface area contributed by atoms with Gasteiger partial charge in [0.25, 0.3) is 0 Å². The summed E-state index contributed by atoms with van der Waals surface area (Å²) in [7, 11) is 0. The van der Waals surface area contributed by atoms with Gasteiger partial charge in [0.1, 0.15) is 5.54 Å². The van der Waals surface area contributed by atoms with Gasteiger partial charge in [-0.3, -0.25) is 0 Å². The van der Waals surface area contributed by atoms with Gasteiger partial charge in [0.2, 0.25) is 0 Å². The van der Waals surface area contributed by atoms with Crippen LogP contribution in [-0.2, 0) is 4.79 Å². The van der Waals surface area contributed by atoms with Gasteiger partial charge in [-0.05, 0) is 37.5 Å². The molecule has 1 aromatic rings. The van der Waals surface area contributed by atoms with Crippen LogP contribution in [0.1, 0.15) is 44.2 Å². The van der Waals surface area contributed by atoms with E-state index in [1.807, 2.05) is 19.1 Å². The summed E-state index contributed by atoms with van der Waals surface area (Å²) >= 11 is 5.82. The molecule has 0 saturated heterocycles. The third-order valence-electron chi connectivity index (χ3n) is 3.94. The molecule has 114 valence electrons. The first-order valence-electron chi connectivity index (χ1n) is 7.00. The van der Waals surface area contributed by atoms with Crippen LogP contribution in [0.5, 0.6) is 0 Å². The maximum atomic E-state index is 12.0. The molecule has 1 unspecified atom stereocenters. The van der Waals surface area contributed by atoms with Gasteiger partial charge >= 0.3 is 12.0 Å². The number of carbonyl (C=O) groups is 2. The second-order valence-corrected chi connectivity index (χ2v) is 5.90. The van der Waals surface area contributed by atoms with Crippen molar-refractivity contribution in [2.75, 3.05) is 0 Å². The van der Waals surface area contributed by atoms with Crippen LogP contribution in [0, 0.1) is 0 Å². The van der Waals surface area contributed by atoms with E-state index in [0.717, 1.165) is 18.4 Å². The van der Waals surface area contributed by atoms with Crippen molar-refractivity contribution in [1.82, 2.24) is 10.6 Å². The summed E-state index contributed by atoms with van der Waals surface area (Å²) in [5.41, 5.74) is -0.214. The Morgan fingerprint density at radius 2 is 1.81 bits per heavy atom. The summed E-state index contributed by atoms with van der Waals surface area (Å²) in [6.45, 7) is 1.84. The first-order chi connectivity index (χ1) is 9.93. The minimum Gasteiger partial charge on any atom is -0.480 e. The van der Waals surface area contributed by atoms with Gasteiger partial charge < -0.3 is 15.7 Å². The topological polar surface area (TPSA) is 78.4 Å². The van der Waals surface area contributed by atoms with E-state index in [9.17, 15) is 14.7 Å². The number of carbonyl (C=O) groups excluding carboxylic acids is 1. The normalized spacial score (nSPS) is 18.0. The Balaban J connectivity index is 1.97. The zero-order chi connectivity index (χ0) is 15.5. The van der Waals surface area contributed by atoms with E-state index in [4.69, 9.17) is 11.6 Å². The zero-order valence-corrected chi connectivity index (χ0v) is 12.6. The maximum absolute atomic E-state index is 12.0. The standard InChI is InChI=1S/C15H19ClN2O3/c1-10(11-4-6-12(16)7-5-11)17-14(21)18-15(13(19)20)8-2-3-9-15/h4-7,10H,2-3,8-9H2,1H3,(H,19,20)(H2,17,18,21). The molecule has 0 spiro atoms. The Hall–Kier alpha value is -1.75. The molecule has 2 rings (SSSR count). The number of carboxylic acids is 1. The number of benzene rings is 1. The highest BCUT2D eigenvalue weighted by Crippen LogP contribution is 2.30. The van der Waals surface area contributed by atoms with Crippen molar-refractivity contribution in [3.05, 3.63) is 34.9 Å². The first-order valence-corrected chi connectivity index (χ1v) is 7.38. The lowest BCUT2D eigenvalue weighted by molar-refractivity contribution is -0.144. The Labute approximate surface area is 128 Å². The molecule has 5 nitrogen and oxygen atoms in total. The summed E-state index contributed by atoms with van der Waals surface area (Å²) in [5.74, 6) is -0.964. The van der Waals surface area contributed by atoms with Gasteiger partial charge in [-0.25, -0.2) is 9.59 Å². The molecule has 1 aromatic carbocycles. The average molecular weight is 311 g/mol. The molecule has 0 aromatic heterocycles. The van der Waals surface area contributed by atoms with Gasteiger partial charge in [0, 0.05) is 5.02 Å². The average Bonchev–Trinajstić information content (AvgIpc) is 2.89. The molecule has 0 heterocycles. The summed E-state index contributed by atoms with van der Waals surface area (Å²) < 4.78 is 0. The Bertz CT molecular complexity index is 524. The molecule has 0 radical (unpaired) electrons. The van der Waals surface area contributed by atoms with Crippen molar-refractivity contribution >= 4 is 23.6 Å². The van der Waals surface area contributed by atoms with E-state index >= 15 is 0 Å². The van der Waals surface area contributed by atoms with E-state index in [1.54, 1.807) is 12.1 Å². The zero-order valence-electron chi connectivity index (χ0n) is 11.9. The highest BCUT2D eigenvalue weighted by molar-refractivity contribution is 6.30. The molecular formula is C15H19ClN2O3. The second kappa shape index (κ2) is 6.35. The number of amides is 2. The quantitative estimate of drug-likeness (QED) is 0.799. The van der Waals surface area contributed by atoms with Crippen molar-refractivity contribution in [2.24, 2.45) is 0 Å². The van der Waals surface area contributed by atoms with Crippen molar-refractivity contribution in [3.63, 3.8) is 0 Å². The number of rotatable bonds is 4.